The van der Waals surface area contributed by atoms with Crippen molar-refractivity contribution in [3.8, 4) is 0 Å². The van der Waals surface area contributed by atoms with Crippen LogP contribution in [0.15, 0.2) is 24.3 Å². The van der Waals surface area contributed by atoms with E-state index >= 15 is 0 Å². The fourth-order valence-corrected chi connectivity index (χ4v) is 2.89. The van der Waals surface area contributed by atoms with Crippen LogP contribution in [0.25, 0.3) is 0 Å². The van der Waals surface area contributed by atoms with E-state index in [0.717, 1.165) is 32.1 Å². The van der Waals surface area contributed by atoms with Crippen LogP contribution in [0.5, 0.6) is 0 Å². The largest absolute Gasteiger partial charge is 0.456 e. The van der Waals surface area contributed by atoms with E-state index in [1.807, 2.05) is 18.2 Å². The van der Waals surface area contributed by atoms with Gasteiger partial charge in [0.25, 0.3) is 0 Å². The van der Waals surface area contributed by atoms with E-state index in [9.17, 15) is 4.79 Å². The Bertz CT molecular complexity index is 458. The minimum Gasteiger partial charge on any atom is -0.456 e. The smallest absolute Gasteiger partial charge is 0.338 e. The highest BCUT2D eigenvalue weighted by molar-refractivity contribution is 5.89. The van der Waals surface area contributed by atoms with Crippen molar-refractivity contribution in [1.82, 2.24) is 0 Å². The van der Waals surface area contributed by atoms with Gasteiger partial charge in [0.2, 0.25) is 0 Å². The van der Waals surface area contributed by atoms with Crippen LogP contribution in [0.2, 0.25) is 0 Å². The summed E-state index contributed by atoms with van der Waals surface area (Å²) in [4.78, 5) is 12.4. The zero-order chi connectivity index (χ0) is 14.6. The molecule has 0 heterocycles. The van der Waals surface area contributed by atoms with Gasteiger partial charge in [-0.2, -0.15) is 0 Å². The highest BCUT2D eigenvalue weighted by atomic mass is 16.6. The molecule has 0 N–H and O–H groups in total. The first kappa shape index (κ1) is 15.1. The van der Waals surface area contributed by atoms with Crippen molar-refractivity contribution in [2.24, 2.45) is 0 Å². The summed E-state index contributed by atoms with van der Waals surface area (Å²) in [6, 6.07) is 7.90. The van der Waals surface area contributed by atoms with Crippen molar-refractivity contribution >= 4 is 5.97 Å². The summed E-state index contributed by atoms with van der Waals surface area (Å²) in [6.45, 7) is 6.42. The number of benzene rings is 1. The van der Waals surface area contributed by atoms with Gasteiger partial charge >= 0.3 is 5.97 Å². The minimum atomic E-state index is -0.262. The monoisotopic (exact) mass is 274 g/mol. The summed E-state index contributed by atoms with van der Waals surface area (Å²) < 4.78 is 5.79. The molecule has 0 saturated heterocycles. The summed E-state index contributed by atoms with van der Waals surface area (Å²) in [5.41, 5.74) is 1.65. The molecule has 1 atom stereocenters. The lowest BCUT2D eigenvalue weighted by atomic mass is 9.86. The number of rotatable bonds is 4. The molecule has 2 heteroatoms. The van der Waals surface area contributed by atoms with E-state index in [1.54, 1.807) is 0 Å². The molecule has 1 saturated carbocycles. The van der Waals surface area contributed by atoms with Crippen molar-refractivity contribution in [2.45, 2.75) is 70.8 Å². The molecule has 0 radical (unpaired) electrons. The van der Waals surface area contributed by atoms with Crippen LogP contribution in [-0.2, 0) is 4.74 Å². The molecule has 1 unspecified atom stereocenters. The highest BCUT2D eigenvalue weighted by Crippen LogP contribution is 2.32. The Balaban J connectivity index is 2.09. The van der Waals surface area contributed by atoms with Gasteiger partial charge in [0.05, 0.1) is 5.56 Å². The third-order valence-corrected chi connectivity index (χ3v) is 4.55. The molecule has 1 aliphatic rings. The van der Waals surface area contributed by atoms with Gasteiger partial charge in [-0.15, -0.1) is 0 Å². The molecule has 2 nitrogen and oxygen atoms in total. The van der Waals surface area contributed by atoms with Gasteiger partial charge in [0, 0.05) is 0 Å². The zero-order valence-corrected chi connectivity index (χ0v) is 12.9. The standard InChI is InChI=1S/C18H26O2/c1-4-14(2)15-9-8-10-16(13-15)17(19)20-18(3)11-6-5-7-12-18/h8-10,13-14H,4-7,11-12H2,1-3H3. The molecule has 0 bridgehead atoms. The number of carbonyl (C=O) groups is 1. The van der Waals surface area contributed by atoms with Gasteiger partial charge in [-0.3, -0.25) is 0 Å². The maximum Gasteiger partial charge on any atom is 0.338 e. The van der Waals surface area contributed by atoms with Crippen molar-refractivity contribution < 1.29 is 9.53 Å². The van der Waals surface area contributed by atoms with Crippen LogP contribution in [-0.4, -0.2) is 11.6 Å². The Morgan fingerprint density at radius 2 is 2.00 bits per heavy atom. The second-order valence-electron chi connectivity index (χ2n) is 6.33. The van der Waals surface area contributed by atoms with E-state index in [-0.39, 0.29) is 11.6 Å². The molecular formula is C18H26O2. The summed E-state index contributed by atoms with van der Waals surface area (Å²) in [6.07, 6.45) is 6.65. The molecule has 1 fully saturated rings. The Kier molecular flexibility index (Phi) is 4.85. The van der Waals surface area contributed by atoms with E-state index in [0.29, 0.717) is 11.5 Å². The topological polar surface area (TPSA) is 26.3 Å². The second-order valence-corrected chi connectivity index (χ2v) is 6.33. The molecule has 20 heavy (non-hydrogen) atoms. The normalized spacial score (nSPS) is 19.4. The highest BCUT2D eigenvalue weighted by Gasteiger charge is 2.31. The van der Waals surface area contributed by atoms with Gasteiger partial charge in [0.1, 0.15) is 5.60 Å². The lowest BCUT2D eigenvalue weighted by Gasteiger charge is -2.33. The van der Waals surface area contributed by atoms with Crippen LogP contribution in [0.4, 0.5) is 0 Å². The third kappa shape index (κ3) is 3.62. The lowest BCUT2D eigenvalue weighted by molar-refractivity contribution is -0.0269. The molecule has 0 aromatic heterocycles. The second kappa shape index (κ2) is 6.43. The third-order valence-electron chi connectivity index (χ3n) is 4.55. The number of hydrogen-bond donors (Lipinski definition) is 0. The van der Waals surface area contributed by atoms with Crippen molar-refractivity contribution in [3.05, 3.63) is 35.4 Å². The molecule has 0 aliphatic heterocycles. The van der Waals surface area contributed by atoms with Crippen LogP contribution in [0.1, 0.15) is 81.1 Å². The van der Waals surface area contributed by atoms with Gasteiger partial charge in [-0.05, 0) is 62.6 Å². The summed E-state index contributed by atoms with van der Waals surface area (Å²) in [7, 11) is 0. The minimum absolute atomic E-state index is 0.167. The Labute approximate surface area is 122 Å². The van der Waals surface area contributed by atoms with Crippen molar-refractivity contribution in [3.63, 3.8) is 0 Å². The van der Waals surface area contributed by atoms with Crippen LogP contribution < -0.4 is 0 Å². The average molecular weight is 274 g/mol. The molecular weight excluding hydrogens is 248 g/mol. The van der Waals surface area contributed by atoms with E-state index in [4.69, 9.17) is 4.74 Å². The Morgan fingerprint density at radius 1 is 1.30 bits per heavy atom. The average Bonchev–Trinajstić information content (AvgIpc) is 2.47. The Morgan fingerprint density at radius 3 is 2.65 bits per heavy atom. The van der Waals surface area contributed by atoms with E-state index in [1.165, 1.54) is 12.0 Å². The molecule has 1 aromatic rings. The number of ether oxygens (including phenoxy) is 1. The number of esters is 1. The van der Waals surface area contributed by atoms with Crippen LogP contribution >= 0.6 is 0 Å². The number of hydrogen-bond acceptors (Lipinski definition) is 2. The van der Waals surface area contributed by atoms with Crippen molar-refractivity contribution in [1.29, 1.82) is 0 Å². The summed E-state index contributed by atoms with van der Waals surface area (Å²) in [5.74, 6) is 0.313. The zero-order valence-electron chi connectivity index (χ0n) is 12.9. The van der Waals surface area contributed by atoms with E-state index < -0.39 is 0 Å². The number of carbonyl (C=O) groups excluding carboxylic acids is 1. The molecule has 1 aliphatic carbocycles. The lowest BCUT2D eigenvalue weighted by Crippen LogP contribution is -2.33. The molecule has 0 amide bonds. The van der Waals surface area contributed by atoms with Crippen LogP contribution in [0.3, 0.4) is 0 Å². The van der Waals surface area contributed by atoms with Gasteiger partial charge in [-0.1, -0.05) is 32.4 Å². The maximum atomic E-state index is 12.4. The fourth-order valence-electron chi connectivity index (χ4n) is 2.89. The maximum absolute atomic E-state index is 12.4. The first-order valence-corrected chi connectivity index (χ1v) is 7.87. The van der Waals surface area contributed by atoms with Crippen molar-refractivity contribution in [2.75, 3.05) is 0 Å². The van der Waals surface area contributed by atoms with Gasteiger partial charge in [-0.25, -0.2) is 4.79 Å². The summed E-state index contributed by atoms with van der Waals surface area (Å²) in [5, 5.41) is 0. The first-order valence-electron chi connectivity index (χ1n) is 7.87. The predicted octanol–water partition coefficient (Wildman–Crippen LogP) is 5.08. The summed E-state index contributed by atoms with van der Waals surface area (Å²) >= 11 is 0. The van der Waals surface area contributed by atoms with Crippen LogP contribution in [0, 0.1) is 0 Å². The van der Waals surface area contributed by atoms with E-state index in [2.05, 4.69) is 26.8 Å². The fraction of sp³-hybridized carbons (Fsp3) is 0.611. The predicted molar refractivity (Wildman–Crippen MR) is 82.1 cm³/mol. The van der Waals surface area contributed by atoms with Gasteiger partial charge in [0.15, 0.2) is 0 Å². The molecule has 0 spiro atoms. The SMILES string of the molecule is CCC(C)c1cccc(C(=O)OC2(C)CCCCC2)c1. The quantitative estimate of drug-likeness (QED) is 0.716. The Hall–Kier alpha value is -1.31. The van der Waals surface area contributed by atoms with Gasteiger partial charge < -0.3 is 4.74 Å². The first-order chi connectivity index (χ1) is 9.54. The molecule has 110 valence electrons. The molecule has 2 rings (SSSR count). The molecule has 1 aromatic carbocycles.